The zero-order valence-corrected chi connectivity index (χ0v) is 13.7. The number of allylic oxidation sites excluding steroid dienone is 1. The van der Waals surface area contributed by atoms with Crippen LogP contribution >= 0.6 is 12.2 Å². The second-order valence-corrected chi connectivity index (χ2v) is 5.89. The largest absolute Gasteiger partial charge is 0.494 e. The van der Waals surface area contributed by atoms with Gasteiger partial charge in [-0.05, 0) is 37.7 Å². The number of aromatic amines is 1. The molecule has 0 amide bonds. The fraction of sp³-hybridized carbons (Fsp3) is 0.235. The molecule has 1 atom stereocenters. The second kappa shape index (κ2) is 5.96. The summed E-state index contributed by atoms with van der Waals surface area (Å²) in [7, 11) is 0. The Morgan fingerprint density at radius 1 is 1.43 bits per heavy atom. The smallest absolute Gasteiger partial charge is 0.262 e. The predicted molar refractivity (Wildman–Crippen MR) is 95.0 cm³/mol. The van der Waals surface area contributed by atoms with Crippen LogP contribution in [0.25, 0.3) is 11.6 Å². The van der Waals surface area contributed by atoms with Crippen molar-refractivity contribution in [2.75, 3.05) is 0 Å². The van der Waals surface area contributed by atoms with Crippen molar-refractivity contribution in [2.45, 2.75) is 26.3 Å². The van der Waals surface area contributed by atoms with Gasteiger partial charge in [0, 0.05) is 23.4 Å². The van der Waals surface area contributed by atoms with E-state index in [0.29, 0.717) is 0 Å². The van der Waals surface area contributed by atoms with E-state index < -0.39 is 5.56 Å². The van der Waals surface area contributed by atoms with E-state index >= 15 is 0 Å². The van der Waals surface area contributed by atoms with E-state index in [1.165, 1.54) is 0 Å². The number of H-pyrrole nitrogens is 1. The maximum absolute atomic E-state index is 12.2. The van der Waals surface area contributed by atoms with Crippen LogP contribution in [0.4, 0.5) is 5.69 Å². The van der Waals surface area contributed by atoms with Crippen LogP contribution in [0, 0.1) is 4.77 Å². The quantitative estimate of drug-likeness (QED) is 0.842. The minimum absolute atomic E-state index is 0.0129. The average molecular weight is 327 g/mol. The van der Waals surface area contributed by atoms with Crippen LogP contribution in [0.2, 0.25) is 0 Å². The lowest BCUT2D eigenvalue weighted by molar-refractivity contribution is 0.371. The van der Waals surface area contributed by atoms with E-state index in [9.17, 15) is 9.90 Å². The normalized spacial score (nSPS) is 15.8. The molecule has 1 aromatic carbocycles. The third-order valence-electron chi connectivity index (χ3n) is 4.04. The molecule has 0 radical (unpaired) electrons. The number of rotatable bonds is 3. The van der Waals surface area contributed by atoms with E-state index in [1.54, 1.807) is 16.9 Å². The molecule has 0 saturated carbocycles. The van der Waals surface area contributed by atoms with Crippen molar-refractivity contribution >= 4 is 35.8 Å². The number of hydrogen-bond acceptors (Lipinski definition) is 4. The summed E-state index contributed by atoms with van der Waals surface area (Å²) in [6.07, 6.45) is 4.13. The molecule has 2 N–H and O–H groups in total. The summed E-state index contributed by atoms with van der Waals surface area (Å²) >= 11 is 5.18. The number of benzene rings is 1. The molecule has 6 heteroatoms. The first kappa shape index (κ1) is 15.4. The Kier molecular flexibility index (Phi) is 4.00. The Bertz CT molecular complexity index is 938. The number of aromatic nitrogens is 2. The maximum atomic E-state index is 12.2. The van der Waals surface area contributed by atoms with Crippen molar-refractivity contribution in [2.24, 2.45) is 4.99 Å². The molecule has 0 bridgehead atoms. The number of fused-ring (bicyclic) bond motifs is 1. The Morgan fingerprint density at radius 2 is 2.17 bits per heavy atom. The fourth-order valence-corrected chi connectivity index (χ4v) is 2.94. The lowest BCUT2D eigenvalue weighted by Gasteiger charge is -2.17. The van der Waals surface area contributed by atoms with Gasteiger partial charge in [0.15, 0.2) is 4.77 Å². The van der Waals surface area contributed by atoms with Crippen molar-refractivity contribution in [3.8, 4) is 5.88 Å². The highest BCUT2D eigenvalue weighted by atomic mass is 32.1. The molecule has 118 valence electrons. The third kappa shape index (κ3) is 2.66. The minimum atomic E-state index is -0.405. The van der Waals surface area contributed by atoms with Crippen LogP contribution < -0.4 is 5.56 Å². The van der Waals surface area contributed by atoms with Crippen LogP contribution in [0.15, 0.2) is 34.1 Å². The summed E-state index contributed by atoms with van der Waals surface area (Å²) in [4.78, 5) is 19.2. The maximum Gasteiger partial charge on any atom is 0.262 e. The van der Waals surface area contributed by atoms with Gasteiger partial charge in [-0.2, -0.15) is 0 Å². The molecule has 3 rings (SSSR count). The zero-order valence-electron chi connectivity index (χ0n) is 12.9. The molecule has 5 nitrogen and oxygen atoms in total. The number of nitrogens with one attached hydrogen (secondary N) is 1. The standard InChI is InChI=1S/C17H17N3O2S/c1-3-10(2)20-16(22)13(15(21)19-17(20)23)8-11-9-18-14-7-5-4-6-12(11)14/h4-10,22H,3H2,1-2H3,(H,19,21,23)/b11-8+/t10-/m1/s1. The SMILES string of the molecule is CC[C@@H](C)n1c(O)c(/C=C2\C=Nc3ccccc32)c(=O)[nH]c1=S. The van der Waals surface area contributed by atoms with Gasteiger partial charge in [0.2, 0.25) is 5.88 Å². The number of aromatic hydroxyl groups is 1. The number of para-hydroxylation sites is 1. The summed E-state index contributed by atoms with van der Waals surface area (Å²) in [6.45, 7) is 3.94. The minimum Gasteiger partial charge on any atom is -0.494 e. The van der Waals surface area contributed by atoms with Gasteiger partial charge in [0.25, 0.3) is 5.56 Å². The first-order valence-corrected chi connectivity index (χ1v) is 7.86. The highest BCUT2D eigenvalue weighted by molar-refractivity contribution is 7.71. The van der Waals surface area contributed by atoms with Gasteiger partial charge in [-0.1, -0.05) is 25.1 Å². The summed E-state index contributed by atoms with van der Waals surface area (Å²) < 4.78 is 1.80. The Labute approximate surface area is 138 Å². The molecule has 2 aromatic rings. The zero-order chi connectivity index (χ0) is 16.6. The van der Waals surface area contributed by atoms with Crippen molar-refractivity contribution in [3.05, 3.63) is 50.5 Å². The van der Waals surface area contributed by atoms with Gasteiger partial charge in [-0.3, -0.25) is 19.3 Å². The summed E-state index contributed by atoms with van der Waals surface area (Å²) in [5.74, 6) is -0.113. The Hall–Kier alpha value is -2.47. The van der Waals surface area contributed by atoms with Gasteiger partial charge in [0.05, 0.1) is 5.69 Å². The van der Waals surface area contributed by atoms with Gasteiger partial charge < -0.3 is 5.11 Å². The molecule has 23 heavy (non-hydrogen) atoms. The van der Waals surface area contributed by atoms with Crippen molar-refractivity contribution in [3.63, 3.8) is 0 Å². The number of hydrogen-bond donors (Lipinski definition) is 2. The number of aliphatic imine (C=N–C) groups is 1. The lowest BCUT2D eigenvalue weighted by Crippen LogP contribution is -2.18. The topological polar surface area (TPSA) is 70.4 Å². The first-order valence-electron chi connectivity index (χ1n) is 7.46. The van der Waals surface area contributed by atoms with Gasteiger partial charge in [-0.25, -0.2) is 0 Å². The molecule has 0 spiro atoms. The molecule has 2 heterocycles. The summed E-state index contributed by atoms with van der Waals surface area (Å²) in [6, 6.07) is 7.65. The highest BCUT2D eigenvalue weighted by Gasteiger charge is 2.17. The van der Waals surface area contributed by atoms with E-state index in [1.807, 2.05) is 38.1 Å². The van der Waals surface area contributed by atoms with Crippen molar-refractivity contribution in [1.82, 2.24) is 9.55 Å². The first-order chi connectivity index (χ1) is 11.0. The van der Waals surface area contributed by atoms with Crippen molar-refractivity contribution < 1.29 is 5.11 Å². The molecular weight excluding hydrogens is 310 g/mol. The van der Waals surface area contributed by atoms with Crippen LogP contribution in [0.5, 0.6) is 5.88 Å². The van der Waals surface area contributed by atoms with Crippen LogP contribution in [0.3, 0.4) is 0 Å². The number of nitrogens with zero attached hydrogens (tertiary/aromatic N) is 2. The average Bonchev–Trinajstić information content (AvgIpc) is 2.94. The van der Waals surface area contributed by atoms with Crippen molar-refractivity contribution in [1.29, 1.82) is 0 Å². The molecule has 0 unspecified atom stereocenters. The van der Waals surface area contributed by atoms with Crippen LogP contribution in [0.1, 0.15) is 37.4 Å². The van der Waals surface area contributed by atoms with Crippen LogP contribution in [-0.4, -0.2) is 20.9 Å². The molecule has 1 aliphatic heterocycles. The molecule has 0 saturated heterocycles. The summed E-state index contributed by atoms with van der Waals surface area (Å²) in [5, 5.41) is 10.5. The summed E-state index contributed by atoms with van der Waals surface area (Å²) in [5.41, 5.74) is 2.36. The molecule has 0 fully saturated rings. The molecule has 0 aliphatic carbocycles. The van der Waals surface area contributed by atoms with Gasteiger partial charge >= 0.3 is 0 Å². The Morgan fingerprint density at radius 3 is 2.91 bits per heavy atom. The fourth-order valence-electron chi connectivity index (χ4n) is 2.58. The molecule has 1 aromatic heterocycles. The Balaban J connectivity index is 2.19. The lowest BCUT2D eigenvalue weighted by atomic mass is 10.1. The van der Waals surface area contributed by atoms with Crippen LogP contribution in [-0.2, 0) is 0 Å². The third-order valence-corrected chi connectivity index (χ3v) is 4.34. The van der Waals surface area contributed by atoms with Gasteiger partial charge in [0.1, 0.15) is 5.56 Å². The van der Waals surface area contributed by atoms with Gasteiger partial charge in [-0.15, -0.1) is 0 Å². The molecule has 1 aliphatic rings. The predicted octanol–water partition coefficient (Wildman–Crippen LogP) is 3.84. The van der Waals surface area contributed by atoms with E-state index in [0.717, 1.165) is 23.2 Å². The second-order valence-electron chi connectivity index (χ2n) is 5.50. The monoisotopic (exact) mass is 327 g/mol. The highest BCUT2D eigenvalue weighted by Crippen LogP contribution is 2.33. The van der Waals surface area contributed by atoms with E-state index in [4.69, 9.17) is 12.2 Å². The molecular formula is C17H17N3O2S. The van der Waals surface area contributed by atoms with E-state index in [2.05, 4.69) is 9.98 Å². The van der Waals surface area contributed by atoms with E-state index in [-0.39, 0.29) is 22.3 Å².